The number of hydrogen-bond donors (Lipinski definition) is 2. The first-order valence-electron chi connectivity index (χ1n) is 10.8. The fourth-order valence-corrected chi connectivity index (χ4v) is 4.53. The van der Waals surface area contributed by atoms with E-state index in [-0.39, 0.29) is 0 Å². The highest BCUT2D eigenvalue weighted by Crippen LogP contribution is 2.33. The first-order chi connectivity index (χ1) is 15.4. The van der Waals surface area contributed by atoms with Gasteiger partial charge in [0.2, 0.25) is 0 Å². The Kier molecular flexibility index (Phi) is 5.25. The molecule has 5 nitrogen and oxygen atoms in total. The molecule has 4 heterocycles. The molecule has 0 aliphatic carbocycles. The van der Waals surface area contributed by atoms with Crippen LogP contribution in [0.2, 0.25) is 0 Å². The average molecular weight is 439 g/mol. The summed E-state index contributed by atoms with van der Waals surface area (Å²) in [6, 6.07) is 9.22. The molecule has 5 rings (SSSR count). The minimum atomic E-state index is -4.34. The van der Waals surface area contributed by atoms with E-state index in [0.29, 0.717) is 17.3 Å². The summed E-state index contributed by atoms with van der Waals surface area (Å²) in [4.78, 5) is 18.0. The van der Waals surface area contributed by atoms with Crippen molar-refractivity contribution in [3.8, 4) is 11.4 Å². The van der Waals surface area contributed by atoms with Crippen molar-refractivity contribution in [3.05, 3.63) is 71.3 Å². The number of H-pyrrole nitrogens is 2. The Balaban J connectivity index is 1.24. The number of halogens is 3. The zero-order valence-corrected chi connectivity index (χ0v) is 17.7. The van der Waals surface area contributed by atoms with Crippen LogP contribution in [0.25, 0.3) is 22.4 Å². The van der Waals surface area contributed by atoms with Gasteiger partial charge in [0.1, 0.15) is 11.5 Å². The van der Waals surface area contributed by atoms with Gasteiger partial charge < -0.3 is 9.97 Å². The largest absolute Gasteiger partial charge is 0.416 e. The van der Waals surface area contributed by atoms with Crippen molar-refractivity contribution in [2.75, 3.05) is 13.1 Å². The third-order valence-corrected chi connectivity index (χ3v) is 6.36. The molecule has 0 amide bonds. The van der Waals surface area contributed by atoms with Gasteiger partial charge in [-0.3, -0.25) is 4.90 Å². The van der Waals surface area contributed by atoms with Crippen LogP contribution in [-0.2, 0) is 12.7 Å². The SMILES string of the molecule is Cc1[nH]c(-c2ccc(C(F)(F)F)cc2)nc1CN1CCC(c2c[nH]c3ncccc23)CC1. The molecule has 1 fully saturated rings. The monoisotopic (exact) mass is 439 g/mol. The Morgan fingerprint density at radius 2 is 1.84 bits per heavy atom. The first kappa shape index (κ1) is 20.8. The van der Waals surface area contributed by atoms with Gasteiger partial charge in [0.15, 0.2) is 0 Å². The van der Waals surface area contributed by atoms with Gasteiger partial charge in [0, 0.05) is 35.6 Å². The molecular formula is C24H24F3N5. The number of benzene rings is 1. The number of nitrogens with one attached hydrogen (secondary N) is 2. The van der Waals surface area contributed by atoms with Crippen LogP contribution in [0.4, 0.5) is 13.2 Å². The van der Waals surface area contributed by atoms with Crippen molar-refractivity contribution in [3.63, 3.8) is 0 Å². The molecular weight excluding hydrogens is 415 g/mol. The van der Waals surface area contributed by atoms with Gasteiger partial charge in [-0.15, -0.1) is 0 Å². The number of imidazole rings is 1. The zero-order chi connectivity index (χ0) is 22.3. The Morgan fingerprint density at radius 1 is 1.09 bits per heavy atom. The molecule has 0 bridgehead atoms. The molecule has 0 unspecified atom stereocenters. The Hall–Kier alpha value is -3.13. The second kappa shape index (κ2) is 8.09. The van der Waals surface area contributed by atoms with Crippen LogP contribution in [0.3, 0.4) is 0 Å². The number of likely N-dealkylation sites (tertiary alicyclic amines) is 1. The highest BCUT2D eigenvalue weighted by atomic mass is 19.4. The molecule has 0 radical (unpaired) electrons. The van der Waals surface area contributed by atoms with Crippen LogP contribution >= 0.6 is 0 Å². The number of hydrogen-bond acceptors (Lipinski definition) is 3. The van der Waals surface area contributed by atoms with Gasteiger partial charge >= 0.3 is 6.18 Å². The second-order valence-corrected chi connectivity index (χ2v) is 8.43. The van der Waals surface area contributed by atoms with Gasteiger partial charge in [-0.25, -0.2) is 9.97 Å². The maximum Gasteiger partial charge on any atom is 0.416 e. The fraction of sp³-hybridized carbons (Fsp3) is 0.333. The van der Waals surface area contributed by atoms with E-state index < -0.39 is 11.7 Å². The summed E-state index contributed by atoms with van der Waals surface area (Å²) in [6.07, 6.45) is 1.69. The molecule has 8 heteroatoms. The van der Waals surface area contributed by atoms with Gasteiger partial charge in [0.05, 0.1) is 11.3 Å². The van der Waals surface area contributed by atoms with Crippen molar-refractivity contribution >= 4 is 11.0 Å². The fourth-order valence-electron chi connectivity index (χ4n) is 4.53. The molecule has 1 aliphatic rings. The summed E-state index contributed by atoms with van der Waals surface area (Å²) in [5.41, 5.74) is 4.16. The summed E-state index contributed by atoms with van der Waals surface area (Å²) in [5, 5.41) is 1.20. The molecule has 2 N–H and O–H groups in total. The number of aromatic nitrogens is 4. The number of piperidine rings is 1. The number of aromatic amines is 2. The lowest BCUT2D eigenvalue weighted by Gasteiger charge is -2.31. The van der Waals surface area contributed by atoms with E-state index in [4.69, 9.17) is 0 Å². The summed E-state index contributed by atoms with van der Waals surface area (Å²) >= 11 is 0. The number of nitrogens with zero attached hydrogens (tertiary/aromatic N) is 3. The van der Waals surface area contributed by atoms with Crippen LogP contribution < -0.4 is 0 Å². The van der Waals surface area contributed by atoms with E-state index in [1.165, 1.54) is 23.1 Å². The minimum Gasteiger partial charge on any atom is -0.346 e. The lowest BCUT2D eigenvalue weighted by Crippen LogP contribution is -2.32. The smallest absolute Gasteiger partial charge is 0.346 e. The van der Waals surface area contributed by atoms with E-state index in [9.17, 15) is 13.2 Å². The first-order valence-corrected chi connectivity index (χ1v) is 10.8. The number of rotatable bonds is 4. The predicted octanol–water partition coefficient (Wildman–Crippen LogP) is 5.66. The van der Waals surface area contributed by atoms with Crippen LogP contribution in [0.1, 0.15) is 41.3 Å². The van der Waals surface area contributed by atoms with Gasteiger partial charge in [-0.1, -0.05) is 12.1 Å². The molecule has 4 aromatic rings. The molecule has 0 saturated carbocycles. The molecule has 1 aliphatic heterocycles. The number of fused-ring (bicyclic) bond motifs is 1. The van der Waals surface area contributed by atoms with E-state index >= 15 is 0 Å². The third-order valence-electron chi connectivity index (χ3n) is 6.36. The molecule has 0 spiro atoms. The molecule has 3 aromatic heterocycles. The maximum atomic E-state index is 12.8. The number of alkyl halides is 3. The van der Waals surface area contributed by atoms with Crippen molar-refractivity contribution in [2.45, 2.75) is 38.4 Å². The lowest BCUT2D eigenvalue weighted by atomic mass is 9.89. The van der Waals surface area contributed by atoms with E-state index in [2.05, 4.69) is 37.1 Å². The Bertz CT molecular complexity index is 1210. The van der Waals surface area contributed by atoms with E-state index in [1.54, 1.807) is 6.20 Å². The van der Waals surface area contributed by atoms with E-state index in [1.807, 2.05) is 13.0 Å². The summed E-state index contributed by atoms with van der Waals surface area (Å²) in [7, 11) is 0. The standard InChI is InChI=1S/C24H24F3N5/c1-15-21(31-22(30-15)17-4-6-18(7-5-17)24(25,26)27)14-32-11-8-16(9-12-32)20-13-29-23-19(20)3-2-10-28-23/h2-7,10,13,16H,8-9,11-12,14H2,1H3,(H,28,29)(H,30,31). The highest BCUT2D eigenvalue weighted by Gasteiger charge is 2.30. The second-order valence-electron chi connectivity index (χ2n) is 8.43. The van der Waals surface area contributed by atoms with Crippen LogP contribution in [0, 0.1) is 6.92 Å². The molecule has 0 atom stereocenters. The predicted molar refractivity (Wildman–Crippen MR) is 117 cm³/mol. The third kappa shape index (κ3) is 4.02. The van der Waals surface area contributed by atoms with Gasteiger partial charge in [-0.2, -0.15) is 13.2 Å². The zero-order valence-electron chi connectivity index (χ0n) is 17.7. The topological polar surface area (TPSA) is 60.6 Å². The maximum absolute atomic E-state index is 12.8. The highest BCUT2D eigenvalue weighted by molar-refractivity contribution is 5.80. The molecule has 1 aromatic carbocycles. The Labute approximate surface area is 183 Å². The molecule has 166 valence electrons. The lowest BCUT2D eigenvalue weighted by molar-refractivity contribution is -0.137. The number of aryl methyl sites for hydroxylation is 1. The summed E-state index contributed by atoms with van der Waals surface area (Å²) in [6.45, 7) is 4.63. The quantitative estimate of drug-likeness (QED) is 0.431. The molecule has 32 heavy (non-hydrogen) atoms. The summed E-state index contributed by atoms with van der Waals surface area (Å²) < 4.78 is 38.4. The normalized spacial score (nSPS) is 16.1. The van der Waals surface area contributed by atoms with Crippen molar-refractivity contribution < 1.29 is 13.2 Å². The van der Waals surface area contributed by atoms with Crippen LogP contribution in [0.15, 0.2) is 48.8 Å². The van der Waals surface area contributed by atoms with Gasteiger partial charge in [-0.05, 0) is 68.6 Å². The van der Waals surface area contributed by atoms with Crippen molar-refractivity contribution in [2.24, 2.45) is 0 Å². The van der Waals surface area contributed by atoms with E-state index in [0.717, 1.165) is 61.6 Å². The van der Waals surface area contributed by atoms with Crippen molar-refractivity contribution in [1.29, 1.82) is 0 Å². The minimum absolute atomic E-state index is 0.507. The molecule has 1 saturated heterocycles. The summed E-state index contributed by atoms with van der Waals surface area (Å²) in [5.74, 6) is 1.11. The van der Waals surface area contributed by atoms with Gasteiger partial charge in [0.25, 0.3) is 0 Å². The van der Waals surface area contributed by atoms with Crippen LogP contribution in [0.5, 0.6) is 0 Å². The number of pyridine rings is 1. The Morgan fingerprint density at radius 3 is 2.56 bits per heavy atom. The average Bonchev–Trinajstić information content (AvgIpc) is 3.38. The van der Waals surface area contributed by atoms with Crippen LogP contribution in [-0.4, -0.2) is 37.9 Å². The van der Waals surface area contributed by atoms with Crippen molar-refractivity contribution in [1.82, 2.24) is 24.8 Å².